The molecule has 0 bridgehead atoms. The Bertz CT molecular complexity index is 1690. The van der Waals surface area contributed by atoms with Gasteiger partial charge in [-0.15, -0.1) is 0 Å². The zero-order valence-corrected chi connectivity index (χ0v) is 25.8. The molecule has 0 aliphatic rings. The van der Waals surface area contributed by atoms with Crippen molar-refractivity contribution in [3.8, 4) is 5.75 Å². The SMILES string of the molecule is Cc1ccc(S(=O)(=O)N(CC(=O)N/N=C/c2ccc(OCC(=O)NCCc3ccccc3)cc2)c2cc(C)cc(C)c2)cc1. The molecule has 0 saturated carbocycles. The van der Waals surface area contributed by atoms with Gasteiger partial charge in [0.05, 0.1) is 16.8 Å². The lowest BCUT2D eigenvalue weighted by molar-refractivity contribution is -0.123. The summed E-state index contributed by atoms with van der Waals surface area (Å²) in [5, 5.41) is 6.84. The van der Waals surface area contributed by atoms with Crippen LogP contribution in [0.15, 0.2) is 107 Å². The lowest BCUT2D eigenvalue weighted by Gasteiger charge is -2.24. The first kappa shape index (κ1) is 32.0. The van der Waals surface area contributed by atoms with E-state index < -0.39 is 22.5 Å². The molecule has 0 saturated heterocycles. The van der Waals surface area contributed by atoms with E-state index in [0.29, 0.717) is 23.5 Å². The number of sulfonamides is 1. The molecule has 0 heterocycles. The summed E-state index contributed by atoms with van der Waals surface area (Å²) < 4.78 is 33.9. The van der Waals surface area contributed by atoms with E-state index in [9.17, 15) is 18.0 Å². The van der Waals surface area contributed by atoms with Crippen LogP contribution in [-0.2, 0) is 26.0 Å². The molecule has 2 N–H and O–H groups in total. The van der Waals surface area contributed by atoms with Gasteiger partial charge in [-0.25, -0.2) is 13.8 Å². The molecule has 0 spiro atoms. The van der Waals surface area contributed by atoms with Gasteiger partial charge in [-0.1, -0.05) is 54.1 Å². The van der Waals surface area contributed by atoms with Gasteiger partial charge in [-0.3, -0.25) is 13.9 Å². The fraction of sp³-hybridized carbons (Fsp3) is 0.206. The Morgan fingerprint density at radius 1 is 0.818 bits per heavy atom. The fourth-order valence-electron chi connectivity index (χ4n) is 4.43. The maximum atomic E-state index is 13.6. The molecule has 2 amide bonds. The van der Waals surface area contributed by atoms with Crippen LogP contribution in [0.25, 0.3) is 0 Å². The van der Waals surface area contributed by atoms with Gasteiger partial charge in [-0.2, -0.15) is 5.10 Å². The highest BCUT2D eigenvalue weighted by Gasteiger charge is 2.27. The number of aryl methyl sites for hydroxylation is 3. The summed E-state index contributed by atoms with van der Waals surface area (Å²) in [4.78, 5) is 25.1. The highest BCUT2D eigenvalue weighted by molar-refractivity contribution is 7.92. The standard InChI is InChI=1S/C34H36N4O5S/c1-25-9-15-32(16-10-25)44(41,42)38(30-20-26(2)19-27(3)21-30)23-33(39)37-36-22-29-11-13-31(14-12-29)43-24-34(40)35-18-17-28-7-5-4-6-8-28/h4-16,19-22H,17-18,23-24H2,1-3H3,(H,35,40)(H,37,39)/b36-22+. The number of hydrazone groups is 1. The van der Waals surface area contributed by atoms with E-state index in [1.165, 1.54) is 18.3 Å². The van der Waals surface area contributed by atoms with Crippen molar-refractivity contribution < 1.29 is 22.7 Å². The number of rotatable bonds is 13. The second-order valence-electron chi connectivity index (χ2n) is 10.4. The Kier molecular flexibility index (Phi) is 10.9. The number of hydrogen-bond acceptors (Lipinski definition) is 6. The predicted molar refractivity (Wildman–Crippen MR) is 172 cm³/mol. The van der Waals surface area contributed by atoms with Gasteiger partial charge in [0.2, 0.25) is 0 Å². The van der Waals surface area contributed by atoms with E-state index in [1.807, 2.05) is 57.2 Å². The molecular formula is C34H36N4O5S. The van der Waals surface area contributed by atoms with E-state index in [2.05, 4.69) is 15.8 Å². The van der Waals surface area contributed by atoms with Crippen LogP contribution in [-0.4, -0.2) is 46.1 Å². The lowest BCUT2D eigenvalue weighted by atomic mass is 10.1. The van der Waals surface area contributed by atoms with Crippen molar-refractivity contribution in [1.29, 1.82) is 0 Å². The molecule has 4 rings (SSSR count). The Morgan fingerprint density at radius 2 is 1.48 bits per heavy atom. The number of hydrogen-bond donors (Lipinski definition) is 2. The molecule has 0 fully saturated rings. The Labute approximate surface area is 258 Å². The molecule has 0 aliphatic heterocycles. The quantitative estimate of drug-likeness (QED) is 0.168. The zero-order valence-electron chi connectivity index (χ0n) is 25.0. The van der Waals surface area contributed by atoms with Gasteiger partial charge in [0.1, 0.15) is 12.3 Å². The van der Waals surface area contributed by atoms with Crippen molar-refractivity contribution in [3.63, 3.8) is 0 Å². The fourth-order valence-corrected chi connectivity index (χ4v) is 5.84. The largest absolute Gasteiger partial charge is 0.484 e. The van der Waals surface area contributed by atoms with Crippen LogP contribution in [0, 0.1) is 20.8 Å². The number of nitrogens with zero attached hydrogens (tertiary/aromatic N) is 2. The van der Waals surface area contributed by atoms with Gasteiger partial charge in [0, 0.05) is 6.54 Å². The van der Waals surface area contributed by atoms with Crippen molar-refractivity contribution in [2.75, 3.05) is 24.0 Å². The van der Waals surface area contributed by atoms with E-state index in [0.717, 1.165) is 33.0 Å². The molecule has 0 aliphatic carbocycles. The summed E-state index contributed by atoms with van der Waals surface area (Å²) in [5.41, 5.74) is 7.30. The third kappa shape index (κ3) is 9.27. The Morgan fingerprint density at radius 3 is 2.14 bits per heavy atom. The first-order chi connectivity index (χ1) is 21.1. The summed E-state index contributed by atoms with van der Waals surface area (Å²) >= 11 is 0. The van der Waals surface area contributed by atoms with Gasteiger partial charge in [0.25, 0.3) is 21.8 Å². The summed E-state index contributed by atoms with van der Waals surface area (Å²) in [6.45, 7) is 5.56. The third-order valence-corrected chi connectivity index (χ3v) is 8.41. The number of benzene rings is 4. The van der Waals surface area contributed by atoms with Gasteiger partial charge < -0.3 is 10.1 Å². The highest BCUT2D eigenvalue weighted by atomic mass is 32.2. The summed E-state index contributed by atoms with van der Waals surface area (Å²) in [5.74, 6) is -0.308. The minimum atomic E-state index is -4.03. The van der Waals surface area contributed by atoms with Gasteiger partial charge in [-0.05, 0) is 98.0 Å². The van der Waals surface area contributed by atoms with Crippen LogP contribution in [0.2, 0.25) is 0 Å². The molecular weight excluding hydrogens is 576 g/mol. The molecule has 0 atom stereocenters. The molecule has 9 nitrogen and oxygen atoms in total. The van der Waals surface area contributed by atoms with Crippen molar-refractivity contribution in [2.24, 2.45) is 5.10 Å². The molecule has 0 unspecified atom stereocenters. The van der Waals surface area contributed by atoms with Crippen LogP contribution >= 0.6 is 0 Å². The lowest BCUT2D eigenvalue weighted by Crippen LogP contribution is -2.39. The van der Waals surface area contributed by atoms with Crippen LogP contribution in [0.1, 0.15) is 27.8 Å². The number of nitrogens with one attached hydrogen (secondary N) is 2. The number of anilines is 1. The molecule has 4 aromatic carbocycles. The predicted octanol–water partition coefficient (Wildman–Crippen LogP) is 4.70. The van der Waals surface area contributed by atoms with E-state index in [4.69, 9.17) is 4.74 Å². The van der Waals surface area contributed by atoms with Crippen molar-refractivity contribution in [2.45, 2.75) is 32.1 Å². The number of amides is 2. The van der Waals surface area contributed by atoms with Crippen LogP contribution in [0.4, 0.5) is 5.69 Å². The average molecular weight is 613 g/mol. The van der Waals surface area contributed by atoms with E-state index >= 15 is 0 Å². The van der Waals surface area contributed by atoms with Crippen LogP contribution < -0.4 is 19.8 Å². The number of carbonyl (C=O) groups excluding carboxylic acids is 2. The minimum absolute atomic E-state index is 0.0885. The van der Waals surface area contributed by atoms with Crippen molar-refractivity contribution in [3.05, 3.63) is 125 Å². The third-order valence-electron chi connectivity index (χ3n) is 6.62. The maximum Gasteiger partial charge on any atom is 0.264 e. The Hall–Kier alpha value is -4.96. The van der Waals surface area contributed by atoms with Crippen molar-refractivity contribution in [1.82, 2.24) is 10.7 Å². The number of carbonyl (C=O) groups is 2. The molecule has 228 valence electrons. The summed E-state index contributed by atoms with van der Waals surface area (Å²) in [6.07, 6.45) is 2.18. The molecule has 0 aromatic heterocycles. The number of ether oxygens (including phenoxy) is 1. The summed E-state index contributed by atoms with van der Waals surface area (Å²) in [7, 11) is -4.03. The summed E-state index contributed by atoms with van der Waals surface area (Å²) in [6, 6.07) is 28.6. The molecule has 10 heteroatoms. The van der Waals surface area contributed by atoms with Gasteiger partial charge in [0.15, 0.2) is 6.61 Å². The smallest absolute Gasteiger partial charge is 0.264 e. The normalized spacial score (nSPS) is 11.2. The second-order valence-corrected chi connectivity index (χ2v) is 12.3. The topological polar surface area (TPSA) is 117 Å². The second kappa shape index (κ2) is 15.0. The Balaban J connectivity index is 1.32. The highest BCUT2D eigenvalue weighted by Crippen LogP contribution is 2.26. The molecule has 44 heavy (non-hydrogen) atoms. The maximum absolute atomic E-state index is 13.6. The first-order valence-electron chi connectivity index (χ1n) is 14.1. The van der Waals surface area contributed by atoms with Crippen molar-refractivity contribution >= 4 is 33.7 Å². The van der Waals surface area contributed by atoms with Gasteiger partial charge >= 0.3 is 0 Å². The average Bonchev–Trinajstić information content (AvgIpc) is 2.99. The van der Waals surface area contributed by atoms with E-state index in [-0.39, 0.29) is 17.4 Å². The first-order valence-corrected chi connectivity index (χ1v) is 15.6. The molecule has 0 radical (unpaired) electrons. The zero-order chi connectivity index (χ0) is 31.5. The van der Waals surface area contributed by atoms with E-state index in [1.54, 1.807) is 48.5 Å². The molecule has 4 aromatic rings. The monoisotopic (exact) mass is 612 g/mol. The van der Waals surface area contributed by atoms with Crippen LogP contribution in [0.3, 0.4) is 0 Å². The van der Waals surface area contributed by atoms with Crippen LogP contribution in [0.5, 0.6) is 5.75 Å². The minimum Gasteiger partial charge on any atom is -0.484 e.